The van der Waals surface area contributed by atoms with Crippen molar-refractivity contribution in [2.24, 2.45) is 0 Å². The number of nitrogens with zero attached hydrogens (tertiary/aromatic N) is 2. The maximum Gasteiger partial charge on any atom is 0.180 e. The molecule has 0 unspecified atom stereocenters. The van der Waals surface area contributed by atoms with E-state index in [0.717, 1.165) is 26.8 Å². The lowest BCUT2D eigenvalue weighted by Gasteiger charge is -1.96. The largest absolute Gasteiger partial charge is 0.375 e. The number of nitrogen functional groups attached to an aromatic ring is 1. The van der Waals surface area contributed by atoms with Crippen LogP contribution in [0.3, 0.4) is 0 Å². The van der Waals surface area contributed by atoms with E-state index in [-0.39, 0.29) is 0 Å². The molecule has 0 saturated carbocycles. The van der Waals surface area contributed by atoms with E-state index in [1.54, 1.807) is 11.3 Å². The van der Waals surface area contributed by atoms with Crippen LogP contribution in [0.4, 0.5) is 5.13 Å². The molecule has 0 bridgehead atoms. The summed E-state index contributed by atoms with van der Waals surface area (Å²) in [7, 11) is 0. The van der Waals surface area contributed by atoms with Crippen molar-refractivity contribution in [2.75, 3.05) is 5.73 Å². The third-order valence-electron chi connectivity index (χ3n) is 2.85. The molecule has 0 radical (unpaired) electrons. The van der Waals surface area contributed by atoms with Gasteiger partial charge in [0.15, 0.2) is 5.13 Å². The number of aryl methyl sites for hydroxylation is 2. The lowest BCUT2D eigenvalue weighted by molar-refractivity contribution is 1.26. The van der Waals surface area contributed by atoms with Gasteiger partial charge in [0.1, 0.15) is 5.01 Å². The van der Waals surface area contributed by atoms with Crippen molar-refractivity contribution in [3.63, 3.8) is 0 Å². The van der Waals surface area contributed by atoms with E-state index in [2.05, 4.69) is 41.2 Å². The van der Waals surface area contributed by atoms with Gasteiger partial charge in [0.2, 0.25) is 0 Å². The van der Waals surface area contributed by atoms with Gasteiger partial charge < -0.3 is 5.73 Å². The monoisotopic (exact) mass is 287 g/mol. The van der Waals surface area contributed by atoms with E-state index in [9.17, 15) is 0 Å². The Kier molecular flexibility index (Phi) is 3.08. The first-order valence-electron chi connectivity index (χ1n) is 5.89. The van der Waals surface area contributed by atoms with Crippen LogP contribution in [0.2, 0.25) is 0 Å². The summed E-state index contributed by atoms with van der Waals surface area (Å²) in [5.74, 6) is 0. The van der Waals surface area contributed by atoms with Crippen molar-refractivity contribution in [1.29, 1.82) is 0 Å². The third-order valence-corrected chi connectivity index (χ3v) is 4.75. The van der Waals surface area contributed by atoms with Crippen molar-refractivity contribution in [3.8, 4) is 21.1 Å². The summed E-state index contributed by atoms with van der Waals surface area (Å²) in [4.78, 5) is 10.1. The molecule has 3 aromatic rings. The number of hydrogen-bond acceptors (Lipinski definition) is 5. The smallest absolute Gasteiger partial charge is 0.180 e. The Hall–Kier alpha value is -1.72. The molecule has 3 rings (SSSR count). The molecule has 0 aliphatic carbocycles. The van der Waals surface area contributed by atoms with Crippen LogP contribution < -0.4 is 5.73 Å². The first-order chi connectivity index (χ1) is 9.13. The quantitative estimate of drug-likeness (QED) is 0.771. The number of benzene rings is 1. The number of anilines is 1. The molecule has 0 saturated heterocycles. The van der Waals surface area contributed by atoms with Gasteiger partial charge in [-0.1, -0.05) is 29.8 Å². The number of hydrogen-bond donors (Lipinski definition) is 1. The SMILES string of the molecule is Cc1ccc(-c2nc(C)c(-c3csc(N)n3)s2)cc1. The minimum atomic E-state index is 0.597. The molecule has 19 heavy (non-hydrogen) atoms. The summed E-state index contributed by atoms with van der Waals surface area (Å²) in [6.45, 7) is 4.10. The van der Waals surface area contributed by atoms with Gasteiger partial charge in [0.25, 0.3) is 0 Å². The van der Waals surface area contributed by atoms with E-state index >= 15 is 0 Å². The number of thiazole rings is 2. The molecule has 0 spiro atoms. The predicted molar refractivity (Wildman–Crippen MR) is 82.5 cm³/mol. The molecule has 2 N–H and O–H groups in total. The molecule has 0 aliphatic rings. The molecule has 5 heteroatoms. The first kappa shape index (κ1) is 12.3. The van der Waals surface area contributed by atoms with Gasteiger partial charge >= 0.3 is 0 Å². The molecule has 0 atom stereocenters. The fourth-order valence-corrected chi connectivity index (χ4v) is 3.51. The molecule has 0 fully saturated rings. The summed E-state index contributed by atoms with van der Waals surface area (Å²) in [5.41, 5.74) is 10.0. The molecule has 0 aliphatic heterocycles. The Morgan fingerprint density at radius 3 is 2.42 bits per heavy atom. The van der Waals surface area contributed by atoms with Crippen molar-refractivity contribution >= 4 is 27.8 Å². The second kappa shape index (κ2) is 4.75. The van der Waals surface area contributed by atoms with Gasteiger partial charge in [-0.3, -0.25) is 0 Å². The molecule has 2 aromatic heterocycles. The summed E-state index contributed by atoms with van der Waals surface area (Å²) >= 11 is 3.12. The van der Waals surface area contributed by atoms with Gasteiger partial charge in [-0.25, -0.2) is 9.97 Å². The van der Waals surface area contributed by atoms with Gasteiger partial charge in [0, 0.05) is 10.9 Å². The van der Waals surface area contributed by atoms with Crippen LogP contribution in [0.5, 0.6) is 0 Å². The number of aromatic nitrogens is 2. The van der Waals surface area contributed by atoms with Crippen LogP contribution in [0.25, 0.3) is 21.1 Å². The van der Waals surface area contributed by atoms with Crippen LogP contribution in [-0.2, 0) is 0 Å². The highest BCUT2D eigenvalue weighted by Crippen LogP contribution is 2.35. The predicted octanol–water partition coefficient (Wildman–Crippen LogP) is 4.13. The zero-order valence-electron chi connectivity index (χ0n) is 10.7. The van der Waals surface area contributed by atoms with E-state index in [0.29, 0.717) is 5.13 Å². The van der Waals surface area contributed by atoms with Crippen molar-refractivity contribution in [1.82, 2.24) is 9.97 Å². The van der Waals surface area contributed by atoms with Gasteiger partial charge in [0.05, 0.1) is 16.3 Å². The molecular formula is C14H13N3S2. The minimum absolute atomic E-state index is 0.597. The highest BCUT2D eigenvalue weighted by atomic mass is 32.1. The summed E-state index contributed by atoms with van der Waals surface area (Å²) < 4.78 is 0. The number of nitrogens with two attached hydrogens (primary N) is 1. The summed E-state index contributed by atoms with van der Waals surface area (Å²) in [5, 5.41) is 3.60. The maximum absolute atomic E-state index is 5.69. The Morgan fingerprint density at radius 2 is 1.79 bits per heavy atom. The lowest BCUT2D eigenvalue weighted by atomic mass is 10.2. The second-order valence-corrected chi connectivity index (χ2v) is 6.26. The van der Waals surface area contributed by atoms with Crippen LogP contribution in [0.15, 0.2) is 29.6 Å². The minimum Gasteiger partial charge on any atom is -0.375 e. The Balaban J connectivity index is 2.04. The molecule has 96 valence electrons. The zero-order valence-corrected chi connectivity index (χ0v) is 12.3. The third kappa shape index (κ3) is 2.39. The maximum atomic E-state index is 5.69. The van der Waals surface area contributed by atoms with Crippen molar-refractivity contribution < 1.29 is 0 Å². The number of rotatable bonds is 2. The fourth-order valence-electron chi connectivity index (χ4n) is 1.85. The lowest BCUT2D eigenvalue weighted by Crippen LogP contribution is -1.82. The fraction of sp³-hybridized carbons (Fsp3) is 0.143. The van der Waals surface area contributed by atoms with E-state index in [1.165, 1.54) is 16.9 Å². The van der Waals surface area contributed by atoms with Crippen LogP contribution >= 0.6 is 22.7 Å². The van der Waals surface area contributed by atoms with Crippen molar-refractivity contribution in [3.05, 3.63) is 40.9 Å². The van der Waals surface area contributed by atoms with Crippen molar-refractivity contribution in [2.45, 2.75) is 13.8 Å². The molecule has 1 aromatic carbocycles. The average molecular weight is 287 g/mol. The topological polar surface area (TPSA) is 51.8 Å². The van der Waals surface area contributed by atoms with Gasteiger partial charge in [-0.15, -0.1) is 22.7 Å². The molecular weight excluding hydrogens is 274 g/mol. The Bertz CT molecular complexity index is 711. The summed E-state index contributed by atoms with van der Waals surface area (Å²) in [6, 6.07) is 8.42. The highest BCUT2D eigenvalue weighted by molar-refractivity contribution is 7.19. The van der Waals surface area contributed by atoms with E-state index in [4.69, 9.17) is 5.73 Å². The molecule has 3 nitrogen and oxygen atoms in total. The first-order valence-corrected chi connectivity index (χ1v) is 7.59. The van der Waals surface area contributed by atoms with Crippen LogP contribution in [0.1, 0.15) is 11.3 Å². The van der Waals surface area contributed by atoms with E-state index < -0.39 is 0 Å². The van der Waals surface area contributed by atoms with Gasteiger partial charge in [-0.05, 0) is 13.8 Å². The molecule has 2 heterocycles. The highest BCUT2D eigenvalue weighted by Gasteiger charge is 2.13. The zero-order chi connectivity index (χ0) is 13.4. The van der Waals surface area contributed by atoms with E-state index in [1.807, 2.05) is 12.3 Å². The Morgan fingerprint density at radius 1 is 1.05 bits per heavy atom. The summed E-state index contributed by atoms with van der Waals surface area (Å²) in [6.07, 6.45) is 0. The average Bonchev–Trinajstić information content (AvgIpc) is 2.96. The normalized spacial score (nSPS) is 10.8. The van der Waals surface area contributed by atoms with Crippen LogP contribution in [0, 0.1) is 13.8 Å². The standard InChI is InChI=1S/C14H13N3S2/c1-8-3-5-10(6-4-8)13-16-9(2)12(19-13)11-7-18-14(15)17-11/h3-7H,1-2H3,(H2,15,17). The second-order valence-electron chi connectivity index (χ2n) is 4.37. The Labute approximate surface area is 119 Å². The van der Waals surface area contributed by atoms with Gasteiger partial charge in [-0.2, -0.15) is 0 Å². The van der Waals surface area contributed by atoms with Crippen LogP contribution in [-0.4, -0.2) is 9.97 Å². The molecule has 0 amide bonds.